The molecule has 0 unspecified atom stereocenters. The summed E-state index contributed by atoms with van der Waals surface area (Å²) in [5.41, 5.74) is 0.771. The number of halogens is 1. The molecule has 0 saturated heterocycles. The van der Waals surface area contributed by atoms with Crippen molar-refractivity contribution in [3.63, 3.8) is 0 Å². The molecule has 1 aliphatic rings. The standard InChI is InChI=1S/C17H13BrO6/c1-22-12-7-13(23-2)10(18)5-8(12)6-14-15(20)9-3-4-11(19)16(21)17(9)24-14/h3-7,19,21H,1-2H3. The van der Waals surface area contributed by atoms with E-state index in [2.05, 4.69) is 15.9 Å². The molecule has 2 N–H and O–H groups in total. The SMILES string of the molecule is COc1cc(OC)c(C=C2Oc3c(ccc(O)c3O)C2=O)cc1Br. The lowest BCUT2D eigenvalue weighted by atomic mass is 10.1. The molecule has 0 saturated carbocycles. The van der Waals surface area contributed by atoms with Crippen molar-refractivity contribution >= 4 is 27.8 Å². The fourth-order valence-corrected chi connectivity index (χ4v) is 2.89. The predicted octanol–water partition coefficient (Wildman–Crippen LogP) is 3.49. The predicted molar refractivity (Wildman–Crippen MR) is 90.0 cm³/mol. The summed E-state index contributed by atoms with van der Waals surface area (Å²) in [6, 6.07) is 6.03. The number of ether oxygens (including phenoxy) is 3. The topological polar surface area (TPSA) is 85.2 Å². The molecular formula is C17H13BrO6. The van der Waals surface area contributed by atoms with Gasteiger partial charge in [-0.2, -0.15) is 0 Å². The third-order valence-electron chi connectivity index (χ3n) is 3.58. The molecule has 2 aromatic carbocycles. The Morgan fingerprint density at radius 1 is 1.12 bits per heavy atom. The average Bonchev–Trinajstić information content (AvgIpc) is 2.88. The van der Waals surface area contributed by atoms with Gasteiger partial charge in [-0.1, -0.05) is 0 Å². The van der Waals surface area contributed by atoms with Crippen molar-refractivity contribution in [3.8, 4) is 28.7 Å². The van der Waals surface area contributed by atoms with E-state index in [4.69, 9.17) is 14.2 Å². The highest BCUT2D eigenvalue weighted by Crippen LogP contribution is 2.44. The van der Waals surface area contributed by atoms with Gasteiger partial charge in [0.1, 0.15) is 11.5 Å². The number of hydrogen-bond donors (Lipinski definition) is 2. The molecule has 1 heterocycles. The number of phenols is 2. The van der Waals surface area contributed by atoms with E-state index < -0.39 is 11.5 Å². The number of allylic oxidation sites excluding steroid dienone is 1. The Labute approximate surface area is 146 Å². The van der Waals surface area contributed by atoms with Crippen LogP contribution in [0.15, 0.2) is 34.5 Å². The summed E-state index contributed by atoms with van der Waals surface area (Å²) in [7, 11) is 3.04. The highest BCUT2D eigenvalue weighted by molar-refractivity contribution is 9.10. The van der Waals surface area contributed by atoms with Gasteiger partial charge in [0.05, 0.1) is 24.3 Å². The lowest BCUT2D eigenvalue weighted by Gasteiger charge is -2.10. The summed E-state index contributed by atoms with van der Waals surface area (Å²) < 4.78 is 16.6. The Kier molecular flexibility index (Phi) is 4.11. The van der Waals surface area contributed by atoms with Crippen LogP contribution in [-0.2, 0) is 0 Å². The fraction of sp³-hybridized carbons (Fsp3) is 0.118. The van der Waals surface area contributed by atoms with E-state index in [9.17, 15) is 15.0 Å². The van der Waals surface area contributed by atoms with E-state index in [0.717, 1.165) is 0 Å². The number of benzene rings is 2. The van der Waals surface area contributed by atoms with E-state index in [1.54, 1.807) is 12.1 Å². The Morgan fingerprint density at radius 2 is 1.83 bits per heavy atom. The molecular weight excluding hydrogens is 380 g/mol. The number of methoxy groups -OCH3 is 2. The molecule has 1 aliphatic heterocycles. The summed E-state index contributed by atoms with van der Waals surface area (Å²) in [6.07, 6.45) is 1.50. The van der Waals surface area contributed by atoms with Crippen LogP contribution in [0.25, 0.3) is 6.08 Å². The Bertz CT molecular complexity index is 872. The molecule has 0 aromatic heterocycles. The zero-order valence-corrected chi connectivity index (χ0v) is 14.4. The lowest BCUT2D eigenvalue weighted by molar-refractivity contribution is 0.101. The summed E-state index contributed by atoms with van der Waals surface area (Å²) in [5, 5.41) is 19.4. The molecule has 2 aromatic rings. The second-order valence-electron chi connectivity index (χ2n) is 4.98. The lowest BCUT2D eigenvalue weighted by Crippen LogP contribution is -1.99. The molecule has 6 nitrogen and oxygen atoms in total. The van der Waals surface area contributed by atoms with Crippen molar-refractivity contribution in [2.24, 2.45) is 0 Å². The first-order valence-electron chi connectivity index (χ1n) is 6.87. The van der Waals surface area contributed by atoms with Gasteiger partial charge in [0.2, 0.25) is 11.5 Å². The normalized spacial score (nSPS) is 14.5. The number of aromatic hydroxyl groups is 2. The van der Waals surface area contributed by atoms with Gasteiger partial charge in [-0.15, -0.1) is 0 Å². The first-order chi connectivity index (χ1) is 11.5. The third kappa shape index (κ3) is 2.56. The van der Waals surface area contributed by atoms with Crippen LogP contribution in [0.2, 0.25) is 0 Å². The number of rotatable bonds is 3. The molecule has 7 heteroatoms. The van der Waals surface area contributed by atoms with Gasteiger partial charge in [-0.25, -0.2) is 0 Å². The van der Waals surface area contributed by atoms with Crippen LogP contribution in [-0.4, -0.2) is 30.2 Å². The Hall–Kier alpha value is -2.67. The molecule has 3 rings (SSSR count). The van der Waals surface area contributed by atoms with Crippen LogP contribution in [0.5, 0.6) is 28.7 Å². The number of fused-ring (bicyclic) bond motifs is 1. The van der Waals surface area contributed by atoms with E-state index >= 15 is 0 Å². The van der Waals surface area contributed by atoms with Crippen LogP contribution < -0.4 is 14.2 Å². The molecule has 0 amide bonds. The first-order valence-corrected chi connectivity index (χ1v) is 7.66. The van der Waals surface area contributed by atoms with Gasteiger partial charge < -0.3 is 24.4 Å². The number of carbonyl (C=O) groups is 1. The van der Waals surface area contributed by atoms with Gasteiger partial charge in [0.25, 0.3) is 0 Å². The van der Waals surface area contributed by atoms with E-state index in [1.165, 1.54) is 32.4 Å². The number of phenolic OH excluding ortho intramolecular Hbond substituents is 2. The molecule has 0 fully saturated rings. The van der Waals surface area contributed by atoms with E-state index in [1.807, 2.05) is 0 Å². The van der Waals surface area contributed by atoms with Crippen LogP contribution in [0, 0.1) is 0 Å². The third-order valence-corrected chi connectivity index (χ3v) is 4.20. The number of ketones is 1. The molecule has 0 bridgehead atoms. The second-order valence-corrected chi connectivity index (χ2v) is 5.83. The second kappa shape index (κ2) is 6.09. The minimum atomic E-state index is -0.466. The van der Waals surface area contributed by atoms with Crippen LogP contribution >= 0.6 is 15.9 Å². The zero-order valence-electron chi connectivity index (χ0n) is 12.8. The van der Waals surface area contributed by atoms with Crippen molar-refractivity contribution in [2.45, 2.75) is 0 Å². The largest absolute Gasteiger partial charge is 0.504 e. The summed E-state index contributed by atoms with van der Waals surface area (Å²) >= 11 is 3.38. The minimum Gasteiger partial charge on any atom is -0.504 e. The van der Waals surface area contributed by atoms with Gasteiger partial charge in [-0.05, 0) is 40.2 Å². The fourth-order valence-electron chi connectivity index (χ4n) is 2.36. The molecule has 24 heavy (non-hydrogen) atoms. The highest BCUT2D eigenvalue weighted by Gasteiger charge is 2.31. The van der Waals surface area contributed by atoms with E-state index in [-0.39, 0.29) is 22.8 Å². The Morgan fingerprint density at radius 3 is 2.50 bits per heavy atom. The van der Waals surface area contributed by atoms with Crippen LogP contribution in [0.1, 0.15) is 15.9 Å². The highest BCUT2D eigenvalue weighted by atomic mass is 79.9. The van der Waals surface area contributed by atoms with E-state index in [0.29, 0.717) is 21.5 Å². The number of hydrogen-bond acceptors (Lipinski definition) is 6. The summed E-state index contributed by atoms with van der Waals surface area (Å²) in [4.78, 5) is 12.4. The summed E-state index contributed by atoms with van der Waals surface area (Å²) in [5.74, 6) is -0.187. The monoisotopic (exact) mass is 392 g/mol. The first kappa shape index (κ1) is 16.2. The molecule has 0 spiro atoms. The van der Waals surface area contributed by atoms with Crippen LogP contribution in [0.3, 0.4) is 0 Å². The van der Waals surface area contributed by atoms with Crippen molar-refractivity contribution in [1.82, 2.24) is 0 Å². The molecule has 0 radical (unpaired) electrons. The Balaban J connectivity index is 2.07. The smallest absolute Gasteiger partial charge is 0.232 e. The number of Topliss-reactive ketones (excluding diaryl/α,β-unsaturated/α-hetero) is 1. The van der Waals surface area contributed by atoms with Gasteiger partial charge >= 0.3 is 0 Å². The van der Waals surface area contributed by atoms with Crippen LogP contribution in [0.4, 0.5) is 0 Å². The maximum atomic E-state index is 12.4. The quantitative estimate of drug-likeness (QED) is 0.614. The van der Waals surface area contributed by atoms with Gasteiger partial charge in [0, 0.05) is 11.6 Å². The molecule has 124 valence electrons. The molecule has 0 atom stereocenters. The van der Waals surface area contributed by atoms with Gasteiger partial charge in [0.15, 0.2) is 17.3 Å². The average molecular weight is 393 g/mol. The van der Waals surface area contributed by atoms with Gasteiger partial charge in [-0.3, -0.25) is 4.79 Å². The minimum absolute atomic E-state index is 0.0151. The van der Waals surface area contributed by atoms with Crippen molar-refractivity contribution in [3.05, 3.63) is 45.6 Å². The molecule has 0 aliphatic carbocycles. The number of carbonyl (C=O) groups excluding carboxylic acids is 1. The van der Waals surface area contributed by atoms with Crippen molar-refractivity contribution in [1.29, 1.82) is 0 Å². The van der Waals surface area contributed by atoms with Crippen molar-refractivity contribution in [2.75, 3.05) is 14.2 Å². The maximum Gasteiger partial charge on any atom is 0.232 e. The zero-order chi connectivity index (χ0) is 17.4. The maximum absolute atomic E-state index is 12.4. The summed E-state index contributed by atoms with van der Waals surface area (Å²) in [6.45, 7) is 0. The van der Waals surface area contributed by atoms with Crippen molar-refractivity contribution < 1.29 is 29.2 Å².